The lowest BCUT2D eigenvalue weighted by Gasteiger charge is -2.12. The van der Waals surface area contributed by atoms with E-state index in [4.69, 9.17) is 5.73 Å². The van der Waals surface area contributed by atoms with Gasteiger partial charge in [-0.3, -0.25) is 4.79 Å². The zero-order valence-corrected chi connectivity index (χ0v) is 11.4. The minimum Gasteiger partial charge on any atom is -0.353 e. The maximum Gasteiger partial charge on any atom is 0.237 e. The molecule has 6 nitrogen and oxygen atoms in total. The van der Waals surface area contributed by atoms with Gasteiger partial charge in [0.25, 0.3) is 0 Å². The summed E-state index contributed by atoms with van der Waals surface area (Å²) in [7, 11) is -1.20. The molecule has 0 aliphatic heterocycles. The predicted molar refractivity (Wildman–Crippen MR) is 69.6 cm³/mol. The molecule has 0 spiro atoms. The van der Waals surface area contributed by atoms with E-state index in [1.165, 1.54) is 0 Å². The molecule has 0 bridgehead atoms. The molecule has 1 amide bonds. The van der Waals surface area contributed by atoms with Gasteiger partial charge < -0.3 is 15.6 Å². The second-order valence-electron chi connectivity index (χ2n) is 4.35. The standard InChI is InChI=1S/C11H19N3O3S/c1-14-6-3-4-9(14)8-13-11(15)10(12)5-7-18(2,16)17/h3-4,6,10H,5,7-8,12H2,1-2H3,(H,13,15). The van der Waals surface area contributed by atoms with Crippen LogP contribution >= 0.6 is 0 Å². The number of nitrogens with zero attached hydrogens (tertiary/aromatic N) is 1. The van der Waals surface area contributed by atoms with Crippen LogP contribution in [0.2, 0.25) is 0 Å². The van der Waals surface area contributed by atoms with Crippen molar-refractivity contribution >= 4 is 15.7 Å². The third-order valence-corrected chi connectivity index (χ3v) is 3.61. The molecular weight excluding hydrogens is 254 g/mol. The van der Waals surface area contributed by atoms with E-state index in [2.05, 4.69) is 5.32 Å². The number of hydrogen-bond acceptors (Lipinski definition) is 4. The van der Waals surface area contributed by atoms with Gasteiger partial charge in [-0.1, -0.05) is 0 Å². The summed E-state index contributed by atoms with van der Waals surface area (Å²) in [5.74, 6) is -0.411. The van der Waals surface area contributed by atoms with Crippen LogP contribution in [-0.4, -0.2) is 36.9 Å². The fraction of sp³-hybridized carbons (Fsp3) is 0.545. The summed E-state index contributed by atoms with van der Waals surface area (Å²) in [6.07, 6.45) is 3.14. The zero-order chi connectivity index (χ0) is 13.8. The second-order valence-corrected chi connectivity index (χ2v) is 6.61. The quantitative estimate of drug-likeness (QED) is 0.724. The monoisotopic (exact) mass is 273 g/mol. The molecule has 0 radical (unpaired) electrons. The van der Waals surface area contributed by atoms with Gasteiger partial charge in [-0.15, -0.1) is 0 Å². The molecule has 0 saturated carbocycles. The zero-order valence-electron chi connectivity index (χ0n) is 10.6. The predicted octanol–water partition coefficient (Wildman–Crippen LogP) is -0.597. The number of carbonyl (C=O) groups excluding carboxylic acids is 1. The van der Waals surface area contributed by atoms with E-state index < -0.39 is 15.9 Å². The van der Waals surface area contributed by atoms with Crippen molar-refractivity contribution in [3.8, 4) is 0 Å². The molecule has 3 N–H and O–H groups in total. The number of aryl methyl sites for hydroxylation is 1. The molecule has 1 rings (SSSR count). The number of hydrogen-bond donors (Lipinski definition) is 2. The van der Waals surface area contributed by atoms with Crippen molar-refractivity contribution in [3.63, 3.8) is 0 Å². The van der Waals surface area contributed by atoms with E-state index in [1.54, 1.807) is 0 Å². The smallest absolute Gasteiger partial charge is 0.237 e. The summed E-state index contributed by atoms with van der Waals surface area (Å²) in [4.78, 5) is 11.6. The van der Waals surface area contributed by atoms with E-state index in [0.29, 0.717) is 6.54 Å². The lowest BCUT2D eigenvalue weighted by atomic mass is 10.2. The van der Waals surface area contributed by atoms with Gasteiger partial charge in [-0.2, -0.15) is 0 Å². The van der Waals surface area contributed by atoms with Crippen molar-refractivity contribution in [2.75, 3.05) is 12.0 Å². The highest BCUT2D eigenvalue weighted by Gasteiger charge is 2.15. The summed E-state index contributed by atoms with van der Waals surface area (Å²) < 4.78 is 23.8. The number of sulfone groups is 1. The number of nitrogens with two attached hydrogens (primary N) is 1. The molecule has 1 aromatic heterocycles. The molecule has 0 fully saturated rings. The number of nitrogens with one attached hydrogen (secondary N) is 1. The normalized spacial score (nSPS) is 13.3. The number of amides is 1. The van der Waals surface area contributed by atoms with E-state index in [0.717, 1.165) is 11.9 Å². The molecule has 0 aliphatic carbocycles. The third kappa shape index (κ3) is 4.89. The Labute approximate surface area is 107 Å². The van der Waals surface area contributed by atoms with Gasteiger partial charge in [0.15, 0.2) is 0 Å². The molecule has 0 aliphatic rings. The van der Waals surface area contributed by atoms with Crippen LogP contribution < -0.4 is 11.1 Å². The van der Waals surface area contributed by atoms with E-state index in [1.807, 2.05) is 29.9 Å². The molecule has 1 unspecified atom stereocenters. The van der Waals surface area contributed by atoms with Gasteiger partial charge in [-0.25, -0.2) is 8.42 Å². The molecule has 18 heavy (non-hydrogen) atoms. The molecule has 0 aromatic carbocycles. The van der Waals surface area contributed by atoms with Crippen LogP contribution in [0.1, 0.15) is 12.1 Å². The van der Waals surface area contributed by atoms with Crippen LogP contribution in [0.5, 0.6) is 0 Å². The Kier molecular flexibility index (Phi) is 4.92. The Hall–Kier alpha value is -1.34. The average Bonchev–Trinajstić information content (AvgIpc) is 2.67. The minimum absolute atomic E-state index is 0.0776. The summed E-state index contributed by atoms with van der Waals surface area (Å²) in [5.41, 5.74) is 6.58. The van der Waals surface area contributed by atoms with Crippen molar-refractivity contribution in [1.29, 1.82) is 0 Å². The molecule has 1 aromatic rings. The van der Waals surface area contributed by atoms with E-state index in [9.17, 15) is 13.2 Å². The van der Waals surface area contributed by atoms with Crippen LogP contribution in [0.4, 0.5) is 0 Å². The molecule has 1 heterocycles. The Bertz CT molecular complexity index is 507. The first-order valence-electron chi connectivity index (χ1n) is 5.61. The van der Waals surface area contributed by atoms with Crippen molar-refractivity contribution in [3.05, 3.63) is 24.0 Å². The Morgan fingerprint density at radius 3 is 2.72 bits per heavy atom. The van der Waals surface area contributed by atoms with Gasteiger partial charge in [-0.05, 0) is 18.6 Å². The minimum atomic E-state index is -3.08. The molecule has 102 valence electrons. The van der Waals surface area contributed by atoms with Gasteiger partial charge in [0.1, 0.15) is 9.84 Å². The Balaban J connectivity index is 2.39. The molecule has 1 atom stereocenters. The van der Waals surface area contributed by atoms with Crippen molar-refractivity contribution < 1.29 is 13.2 Å². The highest BCUT2D eigenvalue weighted by molar-refractivity contribution is 7.90. The van der Waals surface area contributed by atoms with Crippen LogP contribution in [0, 0.1) is 0 Å². The van der Waals surface area contributed by atoms with Crippen LogP contribution in [0.25, 0.3) is 0 Å². The summed E-state index contributed by atoms with van der Waals surface area (Å²) in [6.45, 7) is 0.384. The number of rotatable bonds is 6. The number of aromatic nitrogens is 1. The average molecular weight is 273 g/mol. The van der Waals surface area contributed by atoms with Crippen molar-refractivity contribution in [2.45, 2.75) is 19.0 Å². The van der Waals surface area contributed by atoms with Gasteiger partial charge in [0.05, 0.1) is 18.3 Å². The summed E-state index contributed by atoms with van der Waals surface area (Å²) >= 11 is 0. The fourth-order valence-corrected chi connectivity index (χ4v) is 2.14. The lowest BCUT2D eigenvalue weighted by Crippen LogP contribution is -2.41. The van der Waals surface area contributed by atoms with Gasteiger partial charge >= 0.3 is 0 Å². The van der Waals surface area contributed by atoms with E-state index >= 15 is 0 Å². The molecule has 0 saturated heterocycles. The number of carbonyl (C=O) groups is 1. The van der Waals surface area contributed by atoms with Crippen molar-refractivity contribution in [1.82, 2.24) is 9.88 Å². The van der Waals surface area contributed by atoms with Crippen molar-refractivity contribution in [2.24, 2.45) is 12.8 Å². The first-order chi connectivity index (χ1) is 8.29. The van der Waals surface area contributed by atoms with Gasteiger partial charge in [0, 0.05) is 25.2 Å². The highest BCUT2D eigenvalue weighted by atomic mass is 32.2. The Morgan fingerprint density at radius 1 is 1.56 bits per heavy atom. The van der Waals surface area contributed by atoms with Crippen LogP contribution in [0.15, 0.2) is 18.3 Å². The Morgan fingerprint density at radius 2 is 2.22 bits per heavy atom. The lowest BCUT2D eigenvalue weighted by molar-refractivity contribution is -0.122. The SMILES string of the molecule is Cn1cccc1CNC(=O)C(N)CCS(C)(=O)=O. The van der Waals surface area contributed by atoms with E-state index in [-0.39, 0.29) is 18.1 Å². The van der Waals surface area contributed by atoms with Crippen LogP contribution in [-0.2, 0) is 28.2 Å². The topological polar surface area (TPSA) is 94.2 Å². The highest BCUT2D eigenvalue weighted by Crippen LogP contribution is 1.99. The summed E-state index contributed by atoms with van der Waals surface area (Å²) in [5, 5.41) is 2.68. The fourth-order valence-electron chi connectivity index (χ4n) is 1.46. The first-order valence-corrected chi connectivity index (χ1v) is 7.67. The van der Waals surface area contributed by atoms with Gasteiger partial charge in [0.2, 0.25) is 5.91 Å². The van der Waals surface area contributed by atoms with Crippen LogP contribution in [0.3, 0.4) is 0 Å². The summed E-state index contributed by atoms with van der Waals surface area (Å²) in [6, 6.07) is 2.98. The molecular formula is C11H19N3O3S. The maximum atomic E-state index is 11.6. The first kappa shape index (κ1) is 14.7. The second kappa shape index (κ2) is 6.01. The third-order valence-electron chi connectivity index (χ3n) is 2.63. The maximum absolute atomic E-state index is 11.6. The largest absolute Gasteiger partial charge is 0.353 e. The molecule has 7 heteroatoms.